The Labute approximate surface area is 165 Å². The number of nitrogens with one attached hydrogen (secondary N) is 1. The number of hydrogen-bond donors (Lipinski definition) is 1. The first kappa shape index (κ1) is 21.8. The number of anilines is 1. The monoisotopic (exact) mass is 418 g/mol. The van der Waals surface area contributed by atoms with E-state index >= 15 is 0 Å². The van der Waals surface area contributed by atoms with E-state index in [1.54, 1.807) is 0 Å². The Morgan fingerprint density at radius 2 is 2.00 bits per heavy atom. The Hall–Kier alpha value is -1.46. The van der Waals surface area contributed by atoms with Crippen LogP contribution >= 0.6 is 11.5 Å². The molecule has 154 valence electrons. The molecule has 0 aliphatic carbocycles. The van der Waals surface area contributed by atoms with E-state index in [0.717, 1.165) is 56.1 Å². The molecule has 11 heteroatoms. The van der Waals surface area contributed by atoms with Crippen molar-refractivity contribution in [1.82, 2.24) is 19.6 Å². The molecule has 1 aromatic rings. The van der Waals surface area contributed by atoms with Gasteiger partial charge in [-0.1, -0.05) is 6.92 Å². The van der Waals surface area contributed by atoms with Crippen molar-refractivity contribution in [2.45, 2.75) is 20.3 Å². The van der Waals surface area contributed by atoms with Crippen LogP contribution in [0.15, 0.2) is 4.99 Å². The average Bonchev–Trinajstić information content (AvgIpc) is 3.12. The van der Waals surface area contributed by atoms with Gasteiger partial charge < -0.3 is 19.9 Å². The summed E-state index contributed by atoms with van der Waals surface area (Å²) in [5, 5.41) is 4.31. The lowest BCUT2D eigenvalue weighted by Crippen LogP contribution is -2.52. The first-order valence-corrected chi connectivity index (χ1v) is 12.1. The molecule has 1 aliphatic heterocycles. The third-order valence-corrected chi connectivity index (χ3v) is 5.78. The van der Waals surface area contributed by atoms with Crippen molar-refractivity contribution in [3.8, 4) is 0 Å². The van der Waals surface area contributed by atoms with Crippen LogP contribution in [-0.4, -0.2) is 93.1 Å². The smallest absolute Gasteiger partial charge is 0.205 e. The van der Waals surface area contributed by atoms with E-state index in [0.29, 0.717) is 13.2 Å². The van der Waals surface area contributed by atoms with Gasteiger partial charge in [0.2, 0.25) is 5.13 Å². The fourth-order valence-electron chi connectivity index (χ4n) is 2.58. The lowest BCUT2D eigenvalue weighted by atomic mass is 10.3. The zero-order valence-electron chi connectivity index (χ0n) is 16.3. The van der Waals surface area contributed by atoms with Crippen LogP contribution in [0.25, 0.3) is 0 Å². The van der Waals surface area contributed by atoms with Gasteiger partial charge in [0.1, 0.15) is 15.7 Å². The molecule has 1 saturated heterocycles. The molecular weight excluding hydrogens is 388 g/mol. The van der Waals surface area contributed by atoms with E-state index in [1.807, 2.05) is 6.92 Å². The number of aliphatic imine (C=N–C) groups is 1. The number of ether oxygens (including phenoxy) is 1. The number of rotatable bonds is 9. The van der Waals surface area contributed by atoms with E-state index < -0.39 is 9.84 Å². The molecule has 0 radical (unpaired) electrons. The van der Waals surface area contributed by atoms with E-state index in [1.165, 1.54) is 17.8 Å². The second kappa shape index (κ2) is 10.8. The standard InChI is InChI=1S/C16H30N6O3S2/c1-4-14-19-16(26-20-14)22-9-7-21(8-10-22)15(17-5-2)18-6-11-25-12-13-27(3,23)24/h4-13H2,1-3H3,(H,17,18). The maximum absolute atomic E-state index is 11.1. The summed E-state index contributed by atoms with van der Waals surface area (Å²) in [7, 11) is -2.98. The molecule has 0 spiro atoms. The molecule has 0 saturated carbocycles. The summed E-state index contributed by atoms with van der Waals surface area (Å²) >= 11 is 1.46. The largest absolute Gasteiger partial charge is 0.378 e. The average molecular weight is 419 g/mol. The summed E-state index contributed by atoms with van der Waals surface area (Å²) in [6.45, 7) is 9.52. The number of aryl methyl sites for hydroxylation is 1. The third-order valence-electron chi connectivity index (χ3n) is 4.05. The zero-order chi connectivity index (χ0) is 19.7. The van der Waals surface area contributed by atoms with Gasteiger partial charge in [-0.15, -0.1) is 0 Å². The molecule has 1 fully saturated rings. The predicted octanol–water partition coefficient (Wildman–Crippen LogP) is 0.249. The van der Waals surface area contributed by atoms with E-state index in [-0.39, 0.29) is 12.4 Å². The number of aromatic nitrogens is 2. The van der Waals surface area contributed by atoms with Crippen molar-refractivity contribution < 1.29 is 13.2 Å². The molecular formula is C16H30N6O3S2. The fraction of sp³-hybridized carbons (Fsp3) is 0.812. The zero-order valence-corrected chi connectivity index (χ0v) is 18.0. The van der Waals surface area contributed by atoms with Crippen molar-refractivity contribution in [1.29, 1.82) is 0 Å². The molecule has 0 atom stereocenters. The van der Waals surface area contributed by atoms with Crippen LogP contribution in [0.5, 0.6) is 0 Å². The molecule has 27 heavy (non-hydrogen) atoms. The van der Waals surface area contributed by atoms with Gasteiger partial charge >= 0.3 is 0 Å². The van der Waals surface area contributed by atoms with Gasteiger partial charge in [0.25, 0.3) is 0 Å². The second-order valence-electron chi connectivity index (χ2n) is 6.30. The van der Waals surface area contributed by atoms with Crippen LogP contribution in [0.3, 0.4) is 0 Å². The summed E-state index contributed by atoms with van der Waals surface area (Å²) < 4.78 is 31.9. The van der Waals surface area contributed by atoms with Gasteiger partial charge in [-0.2, -0.15) is 4.37 Å². The Morgan fingerprint density at radius 1 is 1.26 bits per heavy atom. The lowest BCUT2D eigenvalue weighted by Gasteiger charge is -2.36. The molecule has 9 nitrogen and oxygen atoms in total. The predicted molar refractivity (Wildman–Crippen MR) is 110 cm³/mol. The second-order valence-corrected chi connectivity index (χ2v) is 9.29. The van der Waals surface area contributed by atoms with Crippen LogP contribution in [0.1, 0.15) is 19.7 Å². The van der Waals surface area contributed by atoms with Gasteiger partial charge in [-0.25, -0.2) is 13.4 Å². The normalized spacial score (nSPS) is 16.0. The molecule has 1 aliphatic rings. The minimum atomic E-state index is -2.98. The van der Waals surface area contributed by atoms with Crippen molar-refractivity contribution in [2.24, 2.45) is 4.99 Å². The summed E-state index contributed by atoms with van der Waals surface area (Å²) in [5.41, 5.74) is 0. The minimum Gasteiger partial charge on any atom is -0.378 e. The number of sulfone groups is 1. The first-order chi connectivity index (χ1) is 12.9. The van der Waals surface area contributed by atoms with E-state index in [2.05, 4.69) is 36.4 Å². The summed E-state index contributed by atoms with van der Waals surface area (Å²) in [6, 6.07) is 0. The highest BCUT2D eigenvalue weighted by Gasteiger charge is 2.21. The quantitative estimate of drug-likeness (QED) is 0.346. The van der Waals surface area contributed by atoms with Gasteiger partial charge in [-0.3, -0.25) is 4.99 Å². The summed E-state index contributed by atoms with van der Waals surface area (Å²) in [6.07, 6.45) is 2.07. The molecule has 1 N–H and O–H groups in total. The maximum atomic E-state index is 11.1. The lowest BCUT2D eigenvalue weighted by molar-refractivity contribution is 0.157. The van der Waals surface area contributed by atoms with Crippen LogP contribution in [0.2, 0.25) is 0 Å². The SMILES string of the molecule is CCNC(=NCCOCCS(C)(=O)=O)N1CCN(c2nc(CC)ns2)CC1. The van der Waals surface area contributed by atoms with Crippen LogP contribution < -0.4 is 10.2 Å². The Kier molecular flexibility index (Phi) is 8.71. The topological polar surface area (TPSA) is 100 Å². The molecule has 0 aromatic carbocycles. The number of nitrogens with zero attached hydrogens (tertiary/aromatic N) is 5. The Balaban J connectivity index is 1.79. The number of guanidine groups is 1. The highest BCUT2D eigenvalue weighted by molar-refractivity contribution is 7.90. The molecule has 1 aromatic heterocycles. The Bertz CT molecular complexity index is 699. The first-order valence-electron chi connectivity index (χ1n) is 9.29. The van der Waals surface area contributed by atoms with Crippen molar-refractivity contribution in [2.75, 3.05) is 69.4 Å². The third kappa shape index (κ3) is 7.59. The van der Waals surface area contributed by atoms with Crippen molar-refractivity contribution in [3.63, 3.8) is 0 Å². The molecule has 0 bridgehead atoms. The highest BCUT2D eigenvalue weighted by Crippen LogP contribution is 2.19. The van der Waals surface area contributed by atoms with Gasteiger partial charge in [0.15, 0.2) is 5.96 Å². The Morgan fingerprint density at radius 3 is 2.59 bits per heavy atom. The van der Waals surface area contributed by atoms with E-state index in [9.17, 15) is 8.42 Å². The molecule has 0 amide bonds. The van der Waals surface area contributed by atoms with Crippen LogP contribution in [0, 0.1) is 0 Å². The van der Waals surface area contributed by atoms with Crippen molar-refractivity contribution in [3.05, 3.63) is 5.82 Å². The van der Waals surface area contributed by atoms with E-state index in [4.69, 9.17) is 4.74 Å². The number of hydrogen-bond acceptors (Lipinski definition) is 8. The maximum Gasteiger partial charge on any atom is 0.205 e. The van der Waals surface area contributed by atoms with Gasteiger partial charge in [0, 0.05) is 56.9 Å². The fourth-order valence-corrected chi connectivity index (χ4v) is 3.80. The summed E-state index contributed by atoms with van der Waals surface area (Å²) in [4.78, 5) is 13.7. The molecule has 2 heterocycles. The molecule has 0 unspecified atom stereocenters. The highest BCUT2D eigenvalue weighted by atomic mass is 32.2. The van der Waals surface area contributed by atoms with Crippen LogP contribution in [-0.2, 0) is 21.0 Å². The minimum absolute atomic E-state index is 0.0457. The van der Waals surface area contributed by atoms with Crippen molar-refractivity contribution >= 4 is 32.5 Å². The van der Waals surface area contributed by atoms with Gasteiger partial charge in [-0.05, 0) is 6.92 Å². The number of piperazine rings is 1. The summed E-state index contributed by atoms with van der Waals surface area (Å²) in [5.74, 6) is 1.82. The molecule has 2 rings (SSSR count). The van der Waals surface area contributed by atoms with Gasteiger partial charge in [0.05, 0.1) is 25.5 Å². The van der Waals surface area contributed by atoms with Crippen LogP contribution in [0.4, 0.5) is 5.13 Å².